The van der Waals surface area contributed by atoms with Crippen LogP contribution < -0.4 is 4.72 Å². The highest BCUT2D eigenvalue weighted by molar-refractivity contribution is 9.11. The summed E-state index contributed by atoms with van der Waals surface area (Å²) in [6.45, 7) is 1.95. The van der Waals surface area contributed by atoms with Crippen LogP contribution in [-0.2, 0) is 10.0 Å². The Morgan fingerprint density at radius 3 is 2.43 bits per heavy atom. The zero-order valence-electron chi connectivity index (χ0n) is 11.0. The fourth-order valence-corrected chi connectivity index (χ4v) is 4.81. The fourth-order valence-electron chi connectivity index (χ4n) is 1.82. The van der Waals surface area contributed by atoms with Gasteiger partial charge in [-0.25, -0.2) is 8.42 Å². The summed E-state index contributed by atoms with van der Waals surface area (Å²) >= 11 is 10.0. The maximum absolute atomic E-state index is 12.6. The monoisotopic (exact) mass is 495 g/mol. The van der Waals surface area contributed by atoms with E-state index >= 15 is 0 Å². The summed E-state index contributed by atoms with van der Waals surface area (Å²) in [6.07, 6.45) is 0. The molecule has 0 aliphatic heterocycles. The molecule has 21 heavy (non-hydrogen) atoms. The Morgan fingerprint density at radius 1 is 1.10 bits per heavy atom. The van der Waals surface area contributed by atoms with Gasteiger partial charge in [-0.05, 0) is 52.7 Å². The van der Waals surface area contributed by atoms with Crippen molar-refractivity contribution in [2.75, 3.05) is 4.72 Å². The van der Waals surface area contributed by atoms with Crippen molar-refractivity contribution < 1.29 is 8.42 Å². The Balaban J connectivity index is 2.45. The van der Waals surface area contributed by atoms with E-state index in [0.717, 1.165) is 5.56 Å². The third kappa shape index (κ3) is 4.09. The van der Waals surface area contributed by atoms with Crippen molar-refractivity contribution in [1.29, 1.82) is 0 Å². The summed E-state index contributed by atoms with van der Waals surface area (Å²) in [5.74, 6) is 0. The predicted molar refractivity (Wildman–Crippen MR) is 96.4 cm³/mol. The van der Waals surface area contributed by atoms with Crippen molar-refractivity contribution in [2.45, 2.75) is 16.6 Å². The summed E-state index contributed by atoms with van der Waals surface area (Å²) in [5.41, 5.74) is 1.45. The second-order valence-electron chi connectivity index (χ2n) is 4.38. The highest BCUT2D eigenvalue weighted by Crippen LogP contribution is 2.32. The van der Waals surface area contributed by atoms with Gasteiger partial charge in [-0.3, -0.25) is 4.72 Å². The molecule has 3 nitrogen and oxygen atoms in total. The van der Waals surface area contributed by atoms with Crippen molar-refractivity contribution in [3.8, 4) is 0 Å². The number of halogens is 3. The number of sulfonamides is 1. The molecule has 2 aromatic rings. The van der Waals surface area contributed by atoms with Gasteiger partial charge in [-0.15, -0.1) is 0 Å². The third-order valence-electron chi connectivity index (χ3n) is 2.82. The lowest BCUT2D eigenvalue weighted by Gasteiger charge is -2.15. The highest BCUT2D eigenvalue weighted by Gasteiger charge is 2.20. The van der Waals surface area contributed by atoms with Gasteiger partial charge in [0.1, 0.15) is 4.90 Å². The molecule has 0 fully saturated rings. The lowest BCUT2D eigenvalue weighted by atomic mass is 10.1. The Hall–Kier alpha value is -0.370. The van der Waals surface area contributed by atoms with Crippen LogP contribution in [0.4, 0.5) is 5.69 Å². The van der Waals surface area contributed by atoms with E-state index in [2.05, 4.69) is 52.5 Å². The van der Waals surface area contributed by atoms with E-state index in [0.29, 0.717) is 14.6 Å². The molecular formula is C14H12Br3NO2S. The molecule has 1 unspecified atom stereocenters. The smallest absolute Gasteiger partial charge is 0.263 e. The molecule has 1 atom stereocenters. The highest BCUT2D eigenvalue weighted by atomic mass is 79.9. The van der Waals surface area contributed by atoms with E-state index in [1.165, 1.54) is 0 Å². The second kappa shape index (κ2) is 6.81. The van der Waals surface area contributed by atoms with Gasteiger partial charge in [0.25, 0.3) is 10.0 Å². The van der Waals surface area contributed by atoms with Gasteiger partial charge >= 0.3 is 0 Å². The molecule has 2 rings (SSSR count). The molecule has 0 saturated carbocycles. The first-order valence-corrected chi connectivity index (χ1v) is 10.0. The molecule has 0 spiro atoms. The first kappa shape index (κ1) is 17.0. The third-order valence-corrected chi connectivity index (χ3v) is 6.16. The number of alkyl halides is 1. The van der Waals surface area contributed by atoms with E-state index < -0.39 is 10.0 Å². The van der Waals surface area contributed by atoms with Crippen LogP contribution in [0.1, 0.15) is 17.3 Å². The first-order chi connectivity index (χ1) is 9.81. The molecule has 0 aliphatic rings. The number of anilines is 1. The maximum Gasteiger partial charge on any atom is 0.263 e. The van der Waals surface area contributed by atoms with Gasteiger partial charge in [0.15, 0.2) is 0 Å². The Morgan fingerprint density at radius 2 is 1.76 bits per heavy atom. The summed E-state index contributed by atoms with van der Waals surface area (Å²) in [4.78, 5) is 0.233. The van der Waals surface area contributed by atoms with Crippen molar-refractivity contribution >= 4 is 63.5 Å². The second-order valence-corrected chi connectivity index (χ2v) is 9.18. The first-order valence-electron chi connectivity index (χ1n) is 6.02. The topological polar surface area (TPSA) is 46.2 Å². The van der Waals surface area contributed by atoms with Crippen LogP contribution in [0.2, 0.25) is 0 Å². The molecule has 0 bridgehead atoms. The summed E-state index contributed by atoms with van der Waals surface area (Å²) in [7, 11) is -3.67. The Labute approximate surface area is 149 Å². The van der Waals surface area contributed by atoms with Gasteiger partial charge in [-0.2, -0.15) is 0 Å². The summed E-state index contributed by atoms with van der Waals surface area (Å²) in [6, 6.07) is 12.3. The molecule has 0 aliphatic carbocycles. The van der Waals surface area contributed by atoms with Crippen LogP contribution in [0.15, 0.2) is 56.3 Å². The van der Waals surface area contributed by atoms with Crippen molar-refractivity contribution in [3.05, 3.63) is 57.0 Å². The zero-order valence-corrected chi connectivity index (χ0v) is 16.6. The minimum atomic E-state index is -3.67. The predicted octanol–water partition coefficient (Wildman–Crippen LogP) is 5.47. The average Bonchev–Trinajstić information content (AvgIpc) is 2.41. The SMILES string of the molecule is CC(Br)c1ccccc1NS(=O)(=O)c1cc(Br)ccc1Br. The standard InChI is InChI=1S/C14H12Br3NO2S/c1-9(15)11-4-2-3-5-13(11)18-21(19,20)14-8-10(16)6-7-12(14)17/h2-9,18H,1H3. The van der Waals surface area contributed by atoms with Crippen LogP contribution in [-0.4, -0.2) is 8.42 Å². The average molecular weight is 498 g/mol. The Kier molecular flexibility index (Phi) is 5.51. The minimum absolute atomic E-state index is 0.0438. The Bertz CT molecular complexity index is 761. The zero-order chi connectivity index (χ0) is 15.6. The molecule has 1 N–H and O–H groups in total. The van der Waals surface area contributed by atoms with Crippen LogP contribution in [0, 0.1) is 0 Å². The van der Waals surface area contributed by atoms with Crippen molar-refractivity contribution in [2.24, 2.45) is 0 Å². The molecule has 0 aromatic heterocycles. The largest absolute Gasteiger partial charge is 0.279 e. The molecule has 2 aromatic carbocycles. The quantitative estimate of drug-likeness (QED) is 0.569. The fraction of sp³-hybridized carbons (Fsp3) is 0.143. The van der Waals surface area contributed by atoms with Gasteiger partial charge in [0.05, 0.1) is 5.69 Å². The van der Waals surface area contributed by atoms with E-state index in [9.17, 15) is 8.42 Å². The van der Waals surface area contributed by atoms with E-state index in [1.807, 2.05) is 19.1 Å². The lowest BCUT2D eigenvalue weighted by molar-refractivity contribution is 0.600. The molecule has 0 heterocycles. The van der Waals surface area contributed by atoms with E-state index in [-0.39, 0.29) is 9.72 Å². The lowest BCUT2D eigenvalue weighted by Crippen LogP contribution is -2.15. The van der Waals surface area contributed by atoms with Gasteiger partial charge in [0, 0.05) is 13.8 Å². The van der Waals surface area contributed by atoms with Crippen molar-refractivity contribution in [3.63, 3.8) is 0 Å². The van der Waals surface area contributed by atoms with Crippen LogP contribution in [0.5, 0.6) is 0 Å². The summed E-state index contributed by atoms with van der Waals surface area (Å²) < 4.78 is 29.0. The molecule has 0 amide bonds. The van der Waals surface area contributed by atoms with E-state index in [1.54, 1.807) is 30.3 Å². The maximum atomic E-state index is 12.6. The van der Waals surface area contributed by atoms with Gasteiger partial charge < -0.3 is 0 Å². The molecule has 0 saturated heterocycles. The number of benzene rings is 2. The number of hydrogen-bond donors (Lipinski definition) is 1. The van der Waals surface area contributed by atoms with Crippen LogP contribution in [0.25, 0.3) is 0 Å². The number of rotatable bonds is 4. The van der Waals surface area contributed by atoms with Crippen molar-refractivity contribution in [1.82, 2.24) is 0 Å². The molecular weight excluding hydrogens is 486 g/mol. The van der Waals surface area contributed by atoms with Gasteiger partial charge in [0.2, 0.25) is 0 Å². The summed E-state index contributed by atoms with van der Waals surface area (Å²) in [5, 5.41) is 0. The van der Waals surface area contributed by atoms with Gasteiger partial charge in [-0.1, -0.05) is 50.1 Å². The number of nitrogens with one attached hydrogen (secondary N) is 1. The molecule has 7 heteroatoms. The van der Waals surface area contributed by atoms with Crippen LogP contribution >= 0.6 is 47.8 Å². The molecule has 112 valence electrons. The molecule has 0 radical (unpaired) electrons. The number of para-hydroxylation sites is 1. The normalized spacial score (nSPS) is 13.0. The van der Waals surface area contributed by atoms with E-state index in [4.69, 9.17) is 0 Å². The number of hydrogen-bond acceptors (Lipinski definition) is 2. The minimum Gasteiger partial charge on any atom is -0.279 e. The van der Waals surface area contributed by atoms with Crippen LogP contribution in [0.3, 0.4) is 0 Å².